The summed E-state index contributed by atoms with van der Waals surface area (Å²) >= 11 is 0. The summed E-state index contributed by atoms with van der Waals surface area (Å²) in [6.07, 6.45) is 29.5. The summed E-state index contributed by atoms with van der Waals surface area (Å²) in [5, 5.41) is 0. The van der Waals surface area contributed by atoms with E-state index in [9.17, 15) is 0 Å². The van der Waals surface area contributed by atoms with E-state index < -0.39 is 14.5 Å². The zero-order valence-electron chi connectivity index (χ0n) is 23.0. The Labute approximate surface area is 196 Å². The minimum absolute atomic E-state index is 0.494. The van der Waals surface area contributed by atoms with Gasteiger partial charge in [-0.1, -0.05) is 65.2 Å². The van der Waals surface area contributed by atoms with E-state index >= 15 is 0 Å². The molecule has 0 saturated carbocycles. The maximum Gasteiger partial charge on any atom is 0.0594 e. The van der Waals surface area contributed by atoms with Gasteiger partial charge in [0, 0.05) is 14.5 Å². The van der Waals surface area contributed by atoms with Crippen molar-refractivity contribution in [1.29, 1.82) is 0 Å². The fourth-order valence-corrected chi connectivity index (χ4v) is 11.1. The largest absolute Gasteiger partial charge is 0.0654 e. The third-order valence-corrected chi connectivity index (χ3v) is 18.6. The predicted octanol–water partition coefficient (Wildman–Crippen LogP) is 10.8. The number of hydrogen-bond donors (Lipinski definition) is 0. The van der Waals surface area contributed by atoms with Crippen LogP contribution in [0.15, 0.2) is 0 Å². The van der Waals surface area contributed by atoms with Crippen LogP contribution in [0.25, 0.3) is 0 Å². The Kier molecular flexibility index (Phi) is 25.4. The molecule has 0 nitrogen and oxygen atoms in total. The van der Waals surface area contributed by atoms with Crippen molar-refractivity contribution in [2.24, 2.45) is 0 Å². The Hall–Kier alpha value is 0.860. The molecule has 30 heavy (non-hydrogen) atoms. The molecule has 0 spiro atoms. The van der Waals surface area contributed by atoms with Gasteiger partial charge in [-0.25, -0.2) is 0 Å². The molecule has 0 aliphatic rings. The van der Waals surface area contributed by atoms with Crippen LogP contribution in [0.4, 0.5) is 0 Å². The quantitative estimate of drug-likeness (QED) is 0.125. The van der Waals surface area contributed by atoms with Crippen molar-refractivity contribution in [2.75, 3.05) is 49.3 Å². The zero-order chi connectivity index (χ0) is 23.1. The minimum atomic E-state index is -0.494. The van der Waals surface area contributed by atoms with Crippen molar-refractivity contribution in [3.8, 4) is 0 Å². The van der Waals surface area contributed by atoms with Gasteiger partial charge in [0.1, 0.15) is 0 Å². The van der Waals surface area contributed by atoms with E-state index in [-0.39, 0.29) is 0 Å². The number of unbranched alkanes of at least 4 members (excludes halogenated alkanes) is 10. The molecule has 2 heteroatoms. The van der Waals surface area contributed by atoms with Gasteiger partial charge in [-0.3, -0.25) is 0 Å². The Morgan fingerprint density at radius 1 is 0.300 bits per heavy atom. The first-order valence-electron chi connectivity index (χ1n) is 14.2. The highest BCUT2D eigenvalue weighted by Crippen LogP contribution is 2.59. The molecule has 0 heterocycles. The minimum Gasteiger partial charge on any atom is -0.0654 e. The first-order chi connectivity index (χ1) is 14.5. The Morgan fingerprint density at radius 2 is 0.533 bits per heavy atom. The lowest BCUT2D eigenvalue weighted by Crippen LogP contribution is -2.07. The topological polar surface area (TPSA) is 0 Å². The number of hydrogen-bond acceptors (Lipinski definition) is 0. The third kappa shape index (κ3) is 16.5. The summed E-state index contributed by atoms with van der Waals surface area (Å²) in [6, 6.07) is 0. The van der Waals surface area contributed by atoms with E-state index in [1.807, 2.05) is 0 Å². The summed E-state index contributed by atoms with van der Waals surface area (Å²) in [5.41, 5.74) is 0. The van der Waals surface area contributed by atoms with Crippen LogP contribution < -0.4 is 0 Å². The van der Waals surface area contributed by atoms with Crippen LogP contribution in [0.5, 0.6) is 0 Å². The Bertz CT molecular complexity index is 270. The molecule has 0 amide bonds. The summed E-state index contributed by atoms with van der Waals surface area (Å²) in [6.45, 7) is 19.1. The van der Waals surface area contributed by atoms with Crippen molar-refractivity contribution >= 4 is 14.5 Å². The molecule has 0 radical (unpaired) electrons. The van der Waals surface area contributed by atoms with Gasteiger partial charge in [-0.15, -0.1) is 0 Å². The highest BCUT2D eigenvalue weighted by molar-refractivity contribution is 7.76. The molecule has 0 saturated heterocycles. The third-order valence-electron chi connectivity index (χ3n) is 8.00. The molecule has 0 aliphatic carbocycles. The molecule has 0 atom stereocenters. The van der Waals surface area contributed by atoms with Crippen LogP contribution in [-0.2, 0) is 0 Å². The summed E-state index contributed by atoms with van der Waals surface area (Å²) < 4.78 is 0. The van der Waals surface area contributed by atoms with Crippen LogP contribution in [0.3, 0.4) is 0 Å². The second kappa shape index (κ2) is 23.0. The Morgan fingerprint density at radius 3 is 0.767 bits per heavy atom. The van der Waals surface area contributed by atoms with Crippen molar-refractivity contribution in [1.82, 2.24) is 0 Å². The lowest BCUT2D eigenvalue weighted by atomic mass is 10.1. The molecular formula is C28H64P2+2. The van der Waals surface area contributed by atoms with Crippen molar-refractivity contribution in [3.63, 3.8) is 0 Å². The highest BCUT2D eigenvalue weighted by atomic mass is 31.2. The van der Waals surface area contributed by atoms with E-state index in [2.05, 4.69) is 55.4 Å². The molecule has 0 aliphatic heterocycles. The first-order valence-corrected chi connectivity index (χ1v) is 19.2. The van der Waals surface area contributed by atoms with Gasteiger partial charge in [-0.05, 0) is 67.2 Å². The van der Waals surface area contributed by atoms with E-state index in [0.29, 0.717) is 0 Å². The van der Waals surface area contributed by atoms with Crippen LogP contribution in [0.2, 0.25) is 0 Å². The maximum absolute atomic E-state index is 2.41. The smallest absolute Gasteiger partial charge is 0.0594 e. The van der Waals surface area contributed by atoms with Crippen LogP contribution in [0.1, 0.15) is 132 Å². The fourth-order valence-electron chi connectivity index (χ4n) is 4.75. The van der Waals surface area contributed by atoms with E-state index in [0.717, 1.165) is 0 Å². The van der Waals surface area contributed by atoms with Gasteiger partial charge in [0.15, 0.2) is 0 Å². The van der Waals surface area contributed by atoms with Crippen molar-refractivity contribution in [2.45, 2.75) is 132 Å². The predicted molar refractivity (Wildman–Crippen MR) is 154 cm³/mol. The molecule has 0 unspecified atom stereocenters. The van der Waals surface area contributed by atoms with Gasteiger partial charge in [0.25, 0.3) is 0 Å². The zero-order valence-corrected chi connectivity index (χ0v) is 24.8. The van der Waals surface area contributed by atoms with Crippen LogP contribution >= 0.6 is 14.5 Å². The van der Waals surface area contributed by atoms with Gasteiger partial charge >= 0.3 is 0 Å². The number of rotatable bonds is 20. The highest BCUT2D eigenvalue weighted by Gasteiger charge is 2.30. The normalized spacial score (nSPS) is 12.0. The molecular weight excluding hydrogens is 398 g/mol. The first kappa shape index (κ1) is 33.0. The maximum atomic E-state index is 2.41. The van der Waals surface area contributed by atoms with Crippen molar-refractivity contribution in [3.05, 3.63) is 0 Å². The molecule has 0 N–H and O–H groups in total. The van der Waals surface area contributed by atoms with Gasteiger partial charge in [-0.2, -0.15) is 0 Å². The molecule has 0 bridgehead atoms. The molecule has 184 valence electrons. The molecule has 0 rings (SSSR count). The second-order valence-electron chi connectivity index (χ2n) is 9.56. The van der Waals surface area contributed by atoms with Gasteiger partial charge in [0.2, 0.25) is 0 Å². The molecule has 0 aromatic rings. The van der Waals surface area contributed by atoms with Crippen molar-refractivity contribution < 1.29 is 0 Å². The standard InChI is InChI=1S/2C14H32P/c2*1-5-9-10-11-12-13-14-15(6-2,7-3)8-4/h2*5-14H2,1-4H3/q2*+1. The summed E-state index contributed by atoms with van der Waals surface area (Å²) in [7, 11) is -0.989. The average molecular weight is 463 g/mol. The summed E-state index contributed by atoms with van der Waals surface area (Å²) in [4.78, 5) is 0. The SMILES string of the molecule is CCCCCCCC[P+](CC)(CC)CC.CCCCCCCC[P+](CC)(CC)CC. The average Bonchev–Trinajstić information content (AvgIpc) is 2.80. The monoisotopic (exact) mass is 462 g/mol. The lowest BCUT2D eigenvalue weighted by Gasteiger charge is -2.23. The van der Waals surface area contributed by atoms with Crippen LogP contribution in [-0.4, -0.2) is 49.3 Å². The summed E-state index contributed by atoms with van der Waals surface area (Å²) in [5.74, 6) is 0. The second-order valence-corrected chi connectivity index (χ2v) is 19.6. The van der Waals surface area contributed by atoms with Gasteiger partial charge < -0.3 is 0 Å². The lowest BCUT2D eigenvalue weighted by molar-refractivity contribution is 0.625. The molecule has 0 fully saturated rings. The molecule has 0 aromatic carbocycles. The van der Waals surface area contributed by atoms with Crippen LogP contribution in [0, 0.1) is 0 Å². The Balaban J connectivity index is 0. The van der Waals surface area contributed by atoms with E-state index in [1.165, 1.54) is 114 Å². The fraction of sp³-hybridized carbons (Fsp3) is 1.00. The molecule has 0 aromatic heterocycles. The van der Waals surface area contributed by atoms with E-state index in [1.54, 1.807) is 12.3 Å². The van der Waals surface area contributed by atoms with E-state index in [4.69, 9.17) is 0 Å². The van der Waals surface area contributed by atoms with Gasteiger partial charge in [0.05, 0.1) is 49.3 Å².